The Balaban J connectivity index is 1.86. The number of hydrogen-bond acceptors (Lipinski definition) is 4. The van der Waals surface area contributed by atoms with E-state index in [1.165, 1.54) is 6.39 Å². The predicted octanol–water partition coefficient (Wildman–Crippen LogP) is 0.961. The summed E-state index contributed by atoms with van der Waals surface area (Å²) in [5.74, 6) is -1.61. The number of aliphatic carboxylic acids is 1. The molecule has 0 aliphatic heterocycles. The van der Waals surface area contributed by atoms with E-state index in [1.54, 1.807) is 0 Å². The van der Waals surface area contributed by atoms with Gasteiger partial charge < -0.3 is 14.8 Å². The first-order valence-corrected chi connectivity index (χ1v) is 5.46. The molecule has 0 spiro atoms. The minimum atomic E-state index is -1.13. The van der Waals surface area contributed by atoms with Crippen LogP contribution < -0.4 is 5.32 Å². The van der Waals surface area contributed by atoms with Crippen LogP contribution in [0.15, 0.2) is 29.0 Å². The standard InChI is InChI=1S/C12H12N2O4/c15-11(6-12(16)17)13-4-3-8-1-2-9-10(5-8)18-7-14-9/h1-2,5,7H,3-4,6H2,(H,13,15)(H,16,17). The van der Waals surface area contributed by atoms with E-state index in [1.807, 2.05) is 18.2 Å². The molecular weight excluding hydrogens is 236 g/mol. The first-order chi connectivity index (χ1) is 8.65. The highest BCUT2D eigenvalue weighted by atomic mass is 16.4. The van der Waals surface area contributed by atoms with Crippen LogP contribution in [-0.2, 0) is 16.0 Å². The number of carboxylic acids is 1. The molecule has 1 aromatic heterocycles. The molecule has 0 aliphatic rings. The van der Waals surface area contributed by atoms with Crippen LogP contribution in [0.25, 0.3) is 11.1 Å². The van der Waals surface area contributed by atoms with Gasteiger partial charge in [-0.3, -0.25) is 9.59 Å². The molecule has 6 nitrogen and oxygen atoms in total. The molecule has 18 heavy (non-hydrogen) atoms. The second kappa shape index (κ2) is 5.31. The van der Waals surface area contributed by atoms with Crippen molar-refractivity contribution in [1.82, 2.24) is 10.3 Å². The zero-order chi connectivity index (χ0) is 13.0. The number of carboxylic acid groups (broad SMARTS) is 1. The van der Waals surface area contributed by atoms with Gasteiger partial charge in [0.05, 0.1) is 0 Å². The van der Waals surface area contributed by atoms with Crippen molar-refractivity contribution in [3.05, 3.63) is 30.2 Å². The van der Waals surface area contributed by atoms with Crippen molar-refractivity contribution in [2.45, 2.75) is 12.8 Å². The second-order valence-corrected chi connectivity index (χ2v) is 3.82. The first-order valence-electron chi connectivity index (χ1n) is 5.46. The van der Waals surface area contributed by atoms with Gasteiger partial charge in [-0.15, -0.1) is 0 Å². The molecule has 1 heterocycles. The van der Waals surface area contributed by atoms with Crippen LogP contribution in [0.3, 0.4) is 0 Å². The van der Waals surface area contributed by atoms with Crippen LogP contribution in [0.5, 0.6) is 0 Å². The number of aromatic nitrogens is 1. The summed E-state index contributed by atoms with van der Waals surface area (Å²) in [6.07, 6.45) is 1.49. The van der Waals surface area contributed by atoms with Gasteiger partial charge in [0.2, 0.25) is 5.91 Å². The maximum Gasteiger partial charge on any atom is 0.312 e. The van der Waals surface area contributed by atoms with Gasteiger partial charge in [-0.2, -0.15) is 0 Å². The second-order valence-electron chi connectivity index (χ2n) is 3.82. The van der Waals surface area contributed by atoms with Gasteiger partial charge in [0.15, 0.2) is 12.0 Å². The molecule has 1 amide bonds. The van der Waals surface area contributed by atoms with E-state index >= 15 is 0 Å². The summed E-state index contributed by atoms with van der Waals surface area (Å²) in [5, 5.41) is 11.0. The smallest absolute Gasteiger partial charge is 0.312 e. The summed E-state index contributed by atoms with van der Waals surface area (Å²) < 4.78 is 5.16. The van der Waals surface area contributed by atoms with Crippen molar-refractivity contribution in [3.8, 4) is 0 Å². The lowest BCUT2D eigenvalue weighted by Crippen LogP contribution is -2.27. The van der Waals surface area contributed by atoms with Crippen LogP contribution in [0, 0.1) is 0 Å². The molecule has 2 N–H and O–H groups in total. The topological polar surface area (TPSA) is 92.4 Å². The zero-order valence-corrected chi connectivity index (χ0v) is 9.55. The lowest BCUT2D eigenvalue weighted by molar-refractivity contribution is -0.140. The van der Waals surface area contributed by atoms with E-state index < -0.39 is 18.3 Å². The highest BCUT2D eigenvalue weighted by molar-refractivity contribution is 5.93. The highest BCUT2D eigenvalue weighted by Gasteiger charge is 2.06. The molecule has 0 atom stereocenters. The third-order valence-electron chi connectivity index (χ3n) is 2.44. The number of nitrogens with one attached hydrogen (secondary N) is 1. The molecule has 94 valence electrons. The van der Waals surface area contributed by atoms with Crippen molar-refractivity contribution < 1.29 is 19.1 Å². The quantitative estimate of drug-likeness (QED) is 0.769. The minimum Gasteiger partial charge on any atom is -0.481 e. The highest BCUT2D eigenvalue weighted by Crippen LogP contribution is 2.14. The maximum atomic E-state index is 11.1. The van der Waals surface area contributed by atoms with Crippen LogP contribution in [0.1, 0.15) is 12.0 Å². The summed E-state index contributed by atoms with van der Waals surface area (Å²) in [5.41, 5.74) is 2.48. The van der Waals surface area contributed by atoms with Crippen molar-refractivity contribution >= 4 is 23.0 Å². The van der Waals surface area contributed by atoms with Crippen molar-refractivity contribution in [2.75, 3.05) is 6.54 Å². The van der Waals surface area contributed by atoms with Crippen LogP contribution >= 0.6 is 0 Å². The average Bonchev–Trinajstić information content (AvgIpc) is 2.75. The molecular formula is C12H12N2O4. The fourth-order valence-corrected chi connectivity index (χ4v) is 1.60. The SMILES string of the molecule is O=C(O)CC(=O)NCCc1ccc2ncoc2c1. The number of nitrogens with zero attached hydrogens (tertiary/aromatic N) is 1. The number of rotatable bonds is 5. The first kappa shape index (κ1) is 12.1. The van der Waals surface area contributed by atoms with Gasteiger partial charge in [-0.25, -0.2) is 4.98 Å². The van der Waals surface area contributed by atoms with E-state index in [0.717, 1.165) is 11.1 Å². The fourth-order valence-electron chi connectivity index (χ4n) is 1.60. The molecule has 0 saturated heterocycles. The number of amides is 1. The van der Waals surface area contributed by atoms with Gasteiger partial charge in [-0.1, -0.05) is 6.07 Å². The molecule has 0 radical (unpaired) electrons. The molecule has 2 aromatic rings. The van der Waals surface area contributed by atoms with Gasteiger partial charge >= 0.3 is 5.97 Å². The van der Waals surface area contributed by atoms with Gasteiger partial charge in [0.25, 0.3) is 0 Å². The van der Waals surface area contributed by atoms with E-state index in [4.69, 9.17) is 9.52 Å². The van der Waals surface area contributed by atoms with Crippen molar-refractivity contribution in [2.24, 2.45) is 0 Å². The molecule has 0 saturated carbocycles. The van der Waals surface area contributed by atoms with E-state index in [0.29, 0.717) is 18.5 Å². The fraction of sp³-hybridized carbons (Fsp3) is 0.250. The Hall–Kier alpha value is -2.37. The van der Waals surface area contributed by atoms with Gasteiger partial charge in [0, 0.05) is 6.54 Å². The van der Waals surface area contributed by atoms with E-state index in [2.05, 4.69) is 10.3 Å². The zero-order valence-electron chi connectivity index (χ0n) is 9.55. The predicted molar refractivity (Wildman–Crippen MR) is 63.0 cm³/mol. The monoisotopic (exact) mass is 248 g/mol. The van der Waals surface area contributed by atoms with Gasteiger partial charge in [-0.05, 0) is 24.1 Å². The normalized spacial score (nSPS) is 10.4. The van der Waals surface area contributed by atoms with E-state index in [-0.39, 0.29) is 0 Å². The Kier molecular flexibility index (Phi) is 3.57. The molecule has 6 heteroatoms. The Morgan fingerprint density at radius 2 is 2.22 bits per heavy atom. The molecule has 0 aliphatic carbocycles. The number of benzene rings is 1. The number of oxazole rings is 1. The van der Waals surface area contributed by atoms with Gasteiger partial charge in [0.1, 0.15) is 11.9 Å². The van der Waals surface area contributed by atoms with Crippen LogP contribution in [0.2, 0.25) is 0 Å². The summed E-state index contributed by atoms with van der Waals surface area (Å²) >= 11 is 0. The lowest BCUT2D eigenvalue weighted by Gasteiger charge is -2.03. The number of carbonyl (C=O) groups excluding carboxylic acids is 1. The van der Waals surface area contributed by atoms with Crippen LogP contribution in [0.4, 0.5) is 0 Å². The molecule has 0 bridgehead atoms. The summed E-state index contributed by atoms with van der Waals surface area (Å²) in [4.78, 5) is 25.4. The molecule has 0 fully saturated rings. The van der Waals surface area contributed by atoms with E-state index in [9.17, 15) is 9.59 Å². The number of carbonyl (C=O) groups is 2. The average molecular weight is 248 g/mol. The van der Waals surface area contributed by atoms with Crippen LogP contribution in [-0.4, -0.2) is 28.5 Å². The number of hydrogen-bond donors (Lipinski definition) is 2. The third-order valence-corrected chi connectivity index (χ3v) is 2.44. The summed E-state index contributed by atoms with van der Waals surface area (Å²) in [7, 11) is 0. The maximum absolute atomic E-state index is 11.1. The Bertz CT molecular complexity index is 576. The Morgan fingerprint density at radius 1 is 1.39 bits per heavy atom. The molecule has 0 unspecified atom stereocenters. The largest absolute Gasteiger partial charge is 0.481 e. The lowest BCUT2D eigenvalue weighted by atomic mass is 10.1. The van der Waals surface area contributed by atoms with Crippen molar-refractivity contribution in [1.29, 1.82) is 0 Å². The minimum absolute atomic E-state index is 0.395. The summed E-state index contributed by atoms with van der Waals surface area (Å²) in [6.45, 7) is 0.395. The Morgan fingerprint density at radius 3 is 3.00 bits per heavy atom. The molecule has 2 rings (SSSR count). The Labute approximate surface area is 103 Å². The summed E-state index contributed by atoms with van der Waals surface area (Å²) in [6, 6.07) is 5.59. The number of fused-ring (bicyclic) bond motifs is 1. The van der Waals surface area contributed by atoms with Crippen molar-refractivity contribution in [3.63, 3.8) is 0 Å². The molecule has 1 aromatic carbocycles. The third kappa shape index (κ3) is 3.07.